The van der Waals surface area contributed by atoms with E-state index in [1.165, 1.54) is 12.1 Å². The number of nitrogens with zero attached hydrogens (tertiary/aromatic N) is 1. The molecule has 2 N–H and O–H groups in total. The van der Waals surface area contributed by atoms with Crippen LogP contribution in [0.1, 0.15) is 16.1 Å². The summed E-state index contributed by atoms with van der Waals surface area (Å²) in [6.45, 7) is -2.43. The molecule has 2 aromatic carbocycles. The average molecular weight is 357 g/mol. The predicted molar refractivity (Wildman–Crippen MR) is 93.1 cm³/mol. The molecule has 1 amide bonds. The molecule has 7 heteroatoms. The number of aromatic amines is 1. The highest BCUT2D eigenvalue weighted by Gasteiger charge is 2.10. The van der Waals surface area contributed by atoms with Crippen molar-refractivity contribution < 1.29 is 18.3 Å². The number of carbonyl (C=O) groups is 1. The third-order valence-corrected chi connectivity index (χ3v) is 3.74. The molecule has 134 valence electrons. The van der Waals surface area contributed by atoms with Gasteiger partial charge in [-0.2, -0.15) is 13.9 Å². The zero-order valence-electron chi connectivity index (χ0n) is 13.8. The van der Waals surface area contributed by atoms with Crippen molar-refractivity contribution in [2.45, 2.75) is 13.0 Å². The molecule has 0 radical (unpaired) electrons. The molecule has 3 aromatic rings. The molecule has 3 rings (SSSR count). The number of hydrogen-bond donors (Lipinski definition) is 2. The fraction of sp³-hybridized carbons (Fsp3) is 0.158. The molecular formula is C19H17F2N3O2. The second-order valence-electron chi connectivity index (χ2n) is 5.56. The lowest BCUT2D eigenvalue weighted by Gasteiger charge is -2.06. The Morgan fingerprint density at radius 2 is 1.85 bits per heavy atom. The number of carbonyl (C=O) groups excluding carboxylic acids is 1. The largest absolute Gasteiger partial charge is 0.435 e. The number of amides is 1. The Labute approximate surface area is 149 Å². The van der Waals surface area contributed by atoms with E-state index in [9.17, 15) is 13.6 Å². The monoisotopic (exact) mass is 357 g/mol. The fourth-order valence-corrected chi connectivity index (χ4v) is 2.45. The standard InChI is InChI=1S/C19H17F2N3O2/c20-19(21)26-15-8-6-13(7-9-15)10-11-22-18(25)17-12-16(23-24-17)14-4-2-1-3-5-14/h1-9,12,19H,10-11H2,(H,22,25)(H,23,24). The Balaban J connectivity index is 1.51. The van der Waals surface area contributed by atoms with Crippen molar-refractivity contribution in [1.29, 1.82) is 0 Å². The molecule has 0 fully saturated rings. The van der Waals surface area contributed by atoms with Gasteiger partial charge in [0.15, 0.2) is 0 Å². The van der Waals surface area contributed by atoms with Crippen molar-refractivity contribution in [3.63, 3.8) is 0 Å². The van der Waals surface area contributed by atoms with Gasteiger partial charge < -0.3 is 10.1 Å². The average Bonchev–Trinajstić information content (AvgIpc) is 3.14. The van der Waals surface area contributed by atoms with Gasteiger partial charge >= 0.3 is 6.61 Å². The maximum absolute atomic E-state index is 12.2. The molecule has 0 bridgehead atoms. The van der Waals surface area contributed by atoms with E-state index < -0.39 is 6.61 Å². The van der Waals surface area contributed by atoms with E-state index in [1.807, 2.05) is 30.3 Å². The van der Waals surface area contributed by atoms with Gasteiger partial charge in [-0.15, -0.1) is 0 Å². The van der Waals surface area contributed by atoms with Crippen molar-refractivity contribution in [2.75, 3.05) is 6.54 Å². The molecule has 0 aliphatic rings. The van der Waals surface area contributed by atoms with Crippen LogP contribution in [0.3, 0.4) is 0 Å². The summed E-state index contributed by atoms with van der Waals surface area (Å²) in [5, 5.41) is 9.67. The third-order valence-electron chi connectivity index (χ3n) is 3.74. The highest BCUT2D eigenvalue weighted by Crippen LogP contribution is 2.17. The van der Waals surface area contributed by atoms with E-state index in [0.29, 0.717) is 24.4 Å². The lowest BCUT2D eigenvalue weighted by Crippen LogP contribution is -2.26. The minimum absolute atomic E-state index is 0.110. The van der Waals surface area contributed by atoms with Gasteiger partial charge in [0.1, 0.15) is 11.4 Å². The highest BCUT2D eigenvalue weighted by molar-refractivity contribution is 5.93. The summed E-state index contributed by atoms with van der Waals surface area (Å²) in [5.74, 6) is -0.143. The van der Waals surface area contributed by atoms with Crippen LogP contribution in [0.25, 0.3) is 11.3 Å². The van der Waals surface area contributed by atoms with Crippen molar-refractivity contribution in [3.05, 3.63) is 71.9 Å². The Morgan fingerprint density at radius 1 is 1.12 bits per heavy atom. The summed E-state index contributed by atoms with van der Waals surface area (Å²) in [6.07, 6.45) is 0.570. The zero-order chi connectivity index (χ0) is 18.4. The van der Waals surface area contributed by atoms with Crippen LogP contribution in [0.5, 0.6) is 5.75 Å². The van der Waals surface area contributed by atoms with Gasteiger partial charge in [-0.1, -0.05) is 42.5 Å². The Hall–Kier alpha value is -3.22. The summed E-state index contributed by atoms with van der Waals surface area (Å²) in [6, 6.07) is 17.6. The quantitative estimate of drug-likeness (QED) is 0.678. The van der Waals surface area contributed by atoms with Crippen LogP contribution in [0.4, 0.5) is 8.78 Å². The van der Waals surface area contributed by atoms with E-state index in [0.717, 1.165) is 11.1 Å². The van der Waals surface area contributed by atoms with Crippen LogP contribution in [0, 0.1) is 0 Å². The lowest BCUT2D eigenvalue weighted by molar-refractivity contribution is -0.0498. The van der Waals surface area contributed by atoms with Crippen LogP contribution < -0.4 is 10.1 Å². The molecule has 0 aliphatic heterocycles. The molecule has 1 aromatic heterocycles. The van der Waals surface area contributed by atoms with Gasteiger partial charge in [0, 0.05) is 12.1 Å². The molecule has 0 atom stereocenters. The minimum atomic E-state index is -2.84. The van der Waals surface area contributed by atoms with E-state index >= 15 is 0 Å². The first-order chi connectivity index (χ1) is 12.6. The lowest BCUT2D eigenvalue weighted by atomic mass is 10.1. The zero-order valence-corrected chi connectivity index (χ0v) is 13.8. The molecular weight excluding hydrogens is 340 g/mol. The van der Waals surface area contributed by atoms with Gasteiger partial charge in [-0.05, 0) is 30.2 Å². The second-order valence-corrected chi connectivity index (χ2v) is 5.56. The van der Waals surface area contributed by atoms with Crippen molar-refractivity contribution in [3.8, 4) is 17.0 Å². The number of aromatic nitrogens is 2. The molecule has 0 saturated heterocycles. The Bertz CT molecular complexity index is 849. The van der Waals surface area contributed by atoms with Crippen molar-refractivity contribution >= 4 is 5.91 Å². The minimum Gasteiger partial charge on any atom is -0.435 e. The molecule has 0 spiro atoms. The SMILES string of the molecule is O=C(NCCc1ccc(OC(F)F)cc1)c1cc(-c2ccccc2)n[nH]1. The smallest absolute Gasteiger partial charge is 0.387 e. The van der Waals surface area contributed by atoms with Crippen LogP contribution in [-0.2, 0) is 6.42 Å². The van der Waals surface area contributed by atoms with Gasteiger partial charge in [0.25, 0.3) is 5.91 Å². The highest BCUT2D eigenvalue weighted by atomic mass is 19.3. The normalized spacial score (nSPS) is 10.7. The molecule has 1 heterocycles. The number of rotatable bonds is 7. The molecule has 0 saturated carbocycles. The van der Waals surface area contributed by atoms with Crippen LogP contribution in [-0.4, -0.2) is 29.3 Å². The topological polar surface area (TPSA) is 67.0 Å². The number of ether oxygens (including phenoxy) is 1. The van der Waals surface area contributed by atoms with Crippen LogP contribution in [0.2, 0.25) is 0 Å². The summed E-state index contributed by atoms with van der Waals surface area (Å²) < 4.78 is 28.5. The van der Waals surface area contributed by atoms with Gasteiger partial charge in [-0.25, -0.2) is 0 Å². The van der Waals surface area contributed by atoms with Gasteiger partial charge in [0.05, 0.1) is 5.69 Å². The number of halogens is 2. The molecule has 26 heavy (non-hydrogen) atoms. The summed E-state index contributed by atoms with van der Waals surface area (Å²) in [4.78, 5) is 12.2. The fourth-order valence-electron chi connectivity index (χ4n) is 2.45. The Morgan fingerprint density at radius 3 is 2.54 bits per heavy atom. The second kappa shape index (κ2) is 8.24. The summed E-state index contributed by atoms with van der Waals surface area (Å²) in [7, 11) is 0. The van der Waals surface area contributed by atoms with E-state index in [1.54, 1.807) is 18.2 Å². The third kappa shape index (κ3) is 4.66. The van der Waals surface area contributed by atoms with Crippen LogP contribution >= 0.6 is 0 Å². The predicted octanol–water partition coefficient (Wildman–Crippen LogP) is 3.65. The van der Waals surface area contributed by atoms with E-state index in [2.05, 4.69) is 20.3 Å². The van der Waals surface area contributed by atoms with Crippen LogP contribution in [0.15, 0.2) is 60.7 Å². The maximum atomic E-state index is 12.2. The number of H-pyrrole nitrogens is 1. The summed E-state index contributed by atoms with van der Waals surface area (Å²) >= 11 is 0. The van der Waals surface area contributed by atoms with Gasteiger partial charge in [0.2, 0.25) is 0 Å². The maximum Gasteiger partial charge on any atom is 0.387 e. The number of benzene rings is 2. The molecule has 0 aliphatic carbocycles. The van der Waals surface area contributed by atoms with E-state index in [-0.39, 0.29) is 11.7 Å². The molecule has 0 unspecified atom stereocenters. The van der Waals surface area contributed by atoms with Gasteiger partial charge in [-0.3, -0.25) is 9.89 Å². The number of alkyl halides is 2. The number of hydrogen-bond acceptors (Lipinski definition) is 3. The molecule has 5 nitrogen and oxygen atoms in total. The van der Waals surface area contributed by atoms with E-state index in [4.69, 9.17) is 0 Å². The van der Waals surface area contributed by atoms with Crippen molar-refractivity contribution in [2.24, 2.45) is 0 Å². The summed E-state index contributed by atoms with van der Waals surface area (Å²) in [5.41, 5.74) is 2.91. The number of nitrogens with one attached hydrogen (secondary N) is 2. The first-order valence-electron chi connectivity index (χ1n) is 8.04. The first-order valence-corrected chi connectivity index (χ1v) is 8.04. The first kappa shape index (κ1) is 17.6. The van der Waals surface area contributed by atoms with Crippen molar-refractivity contribution in [1.82, 2.24) is 15.5 Å². The Kier molecular flexibility index (Phi) is 5.58.